The summed E-state index contributed by atoms with van der Waals surface area (Å²) in [7, 11) is 0. The molecule has 0 heterocycles. The third-order valence-electron chi connectivity index (χ3n) is 3.40. The molecule has 2 rings (SSSR count). The number of hydrogen-bond donors (Lipinski definition) is 1. The molecule has 0 spiro atoms. The van der Waals surface area contributed by atoms with E-state index in [0.717, 1.165) is 39.9 Å². The molecule has 2 aromatic carbocycles. The summed E-state index contributed by atoms with van der Waals surface area (Å²) in [5, 5.41) is 0.700. The third-order valence-corrected chi connectivity index (χ3v) is 4.24. The molecule has 0 aromatic heterocycles. The monoisotopic (exact) mass is 367 g/mol. The standard InChI is InChI=1S/C17H19BrClNO/c1-3-14(20)9-12-4-6-15(10-16(12)19)21-17-7-5-13(18)8-11(17)2/h4-8,10,14H,3,9,20H2,1-2H3. The Hall–Kier alpha value is -1.03. The molecule has 0 fully saturated rings. The fourth-order valence-electron chi connectivity index (χ4n) is 2.04. The molecule has 0 bridgehead atoms. The van der Waals surface area contributed by atoms with E-state index in [4.69, 9.17) is 22.1 Å². The lowest BCUT2D eigenvalue weighted by Gasteiger charge is -2.13. The zero-order valence-electron chi connectivity index (χ0n) is 12.2. The van der Waals surface area contributed by atoms with Crippen molar-refractivity contribution in [1.29, 1.82) is 0 Å². The van der Waals surface area contributed by atoms with Crippen LogP contribution >= 0.6 is 27.5 Å². The Balaban J connectivity index is 2.16. The van der Waals surface area contributed by atoms with Crippen molar-refractivity contribution >= 4 is 27.5 Å². The molecule has 1 atom stereocenters. The van der Waals surface area contributed by atoms with Crippen molar-refractivity contribution in [3.8, 4) is 11.5 Å². The molecule has 4 heteroatoms. The predicted molar refractivity (Wildman–Crippen MR) is 92.4 cm³/mol. The highest BCUT2D eigenvalue weighted by Crippen LogP contribution is 2.30. The molecule has 0 aliphatic carbocycles. The second kappa shape index (κ2) is 7.30. The number of nitrogens with two attached hydrogens (primary N) is 1. The normalized spacial score (nSPS) is 12.2. The van der Waals surface area contributed by atoms with Crippen LogP contribution < -0.4 is 10.5 Å². The minimum atomic E-state index is 0.142. The van der Waals surface area contributed by atoms with Crippen molar-refractivity contribution in [3.63, 3.8) is 0 Å². The maximum atomic E-state index is 6.32. The van der Waals surface area contributed by atoms with Crippen LogP contribution in [0.25, 0.3) is 0 Å². The predicted octanol–water partition coefficient (Wildman–Crippen LogP) is 5.48. The maximum Gasteiger partial charge on any atom is 0.130 e. The molecular formula is C17H19BrClNO. The number of hydrogen-bond acceptors (Lipinski definition) is 2. The first-order valence-electron chi connectivity index (χ1n) is 6.97. The van der Waals surface area contributed by atoms with Crippen molar-refractivity contribution in [2.75, 3.05) is 0 Å². The van der Waals surface area contributed by atoms with Crippen molar-refractivity contribution in [3.05, 3.63) is 57.0 Å². The molecule has 0 saturated carbocycles. The van der Waals surface area contributed by atoms with Crippen LogP contribution in [0.3, 0.4) is 0 Å². The van der Waals surface area contributed by atoms with Crippen molar-refractivity contribution in [1.82, 2.24) is 0 Å². The summed E-state index contributed by atoms with van der Waals surface area (Å²) in [4.78, 5) is 0. The summed E-state index contributed by atoms with van der Waals surface area (Å²) >= 11 is 9.76. The Kier molecular flexibility index (Phi) is 5.68. The lowest BCUT2D eigenvalue weighted by molar-refractivity contribution is 0.478. The number of halogens is 2. The van der Waals surface area contributed by atoms with Gasteiger partial charge in [0, 0.05) is 15.5 Å². The lowest BCUT2D eigenvalue weighted by atomic mass is 10.0. The largest absolute Gasteiger partial charge is 0.457 e. The first-order chi connectivity index (χ1) is 9.99. The fourth-order valence-corrected chi connectivity index (χ4v) is 2.76. The van der Waals surface area contributed by atoms with E-state index in [1.807, 2.05) is 43.3 Å². The number of aryl methyl sites for hydroxylation is 1. The highest BCUT2D eigenvalue weighted by atomic mass is 79.9. The zero-order chi connectivity index (χ0) is 15.4. The van der Waals surface area contributed by atoms with Crippen molar-refractivity contribution in [2.24, 2.45) is 5.73 Å². The van der Waals surface area contributed by atoms with Gasteiger partial charge in [0.25, 0.3) is 0 Å². The molecule has 21 heavy (non-hydrogen) atoms. The average Bonchev–Trinajstić information content (AvgIpc) is 2.44. The Bertz CT molecular complexity index is 630. The van der Waals surface area contributed by atoms with Gasteiger partial charge in [0.1, 0.15) is 11.5 Å². The van der Waals surface area contributed by atoms with Gasteiger partial charge in [-0.3, -0.25) is 0 Å². The number of ether oxygens (including phenoxy) is 1. The molecule has 0 aliphatic rings. The van der Waals surface area contributed by atoms with Crippen molar-refractivity contribution in [2.45, 2.75) is 32.7 Å². The lowest BCUT2D eigenvalue weighted by Crippen LogP contribution is -2.21. The minimum absolute atomic E-state index is 0.142. The smallest absolute Gasteiger partial charge is 0.130 e. The van der Waals surface area contributed by atoms with Crippen LogP contribution in [0.2, 0.25) is 5.02 Å². The fraction of sp³-hybridized carbons (Fsp3) is 0.294. The Morgan fingerprint density at radius 3 is 2.62 bits per heavy atom. The van der Waals surface area contributed by atoms with E-state index in [2.05, 4.69) is 22.9 Å². The van der Waals surface area contributed by atoms with Gasteiger partial charge in [-0.2, -0.15) is 0 Å². The van der Waals surface area contributed by atoms with E-state index in [0.29, 0.717) is 5.02 Å². The summed E-state index contributed by atoms with van der Waals surface area (Å²) in [6, 6.07) is 11.8. The summed E-state index contributed by atoms with van der Waals surface area (Å²) in [5.41, 5.74) is 8.10. The van der Waals surface area contributed by atoms with Crippen LogP contribution in [-0.4, -0.2) is 6.04 Å². The van der Waals surface area contributed by atoms with Gasteiger partial charge in [-0.25, -0.2) is 0 Å². The quantitative estimate of drug-likeness (QED) is 0.758. The summed E-state index contributed by atoms with van der Waals surface area (Å²) in [6.45, 7) is 4.09. The van der Waals surface area contributed by atoms with Gasteiger partial charge in [-0.05, 0) is 61.2 Å². The van der Waals surface area contributed by atoms with E-state index < -0.39 is 0 Å². The molecular weight excluding hydrogens is 350 g/mol. The Labute approximate surface area is 139 Å². The molecule has 0 amide bonds. The van der Waals surface area contributed by atoms with Gasteiger partial charge in [0.2, 0.25) is 0 Å². The van der Waals surface area contributed by atoms with Gasteiger partial charge in [-0.15, -0.1) is 0 Å². The molecule has 112 valence electrons. The molecule has 2 aromatic rings. The highest BCUT2D eigenvalue weighted by Gasteiger charge is 2.08. The first-order valence-corrected chi connectivity index (χ1v) is 8.14. The van der Waals surface area contributed by atoms with Crippen LogP contribution in [0.5, 0.6) is 11.5 Å². The van der Waals surface area contributed by atoms with E-state index in [1.54, 1.807) is 0 Å². The molecule has 0 radical (unpaired) electrons. The molecule has 2 N–H and O–H groups in total. The SMILES string of the molecule is CCC(N)Cc1ccc(Oc2ccc(Br)cc2C)cc1Cl. The van der Waals surface area contributed by atoms with Crippen LogP contribution in [0.15, 0.2) is 40.9 Å². The van der Waals surface area contributed by atoms with Crippen LogP contribution in [-0.2, 0) is 6.42 Å². The number of benzene rings is 2. The topological polar surface area (TPSA) is 35.2 Å². The van der Waals surface area contributed by atoms with Gasteiger partial charge < -0.3 is 10.5 Å². The second-order valence-electron chi connectivity index (χ2n) is 5.14. The summed E-state index contributed by atoms with van der Waals surface area (Å²) < 4.78 is 6.93. The molecule has 2 nitrogen and oxygen atoms in total. The highest BCUT2D eigenvalue weighted by molar-refractivity contribution is 9.10. The summed E-state index contributed by atoms with van der Waals surface area (Å²) in [6.07, 6.45) is 1.72. The van der Waals surface area contributed by atoms with Gasteiger partial charge in [0.05, 0.1) is 0 Å². The van der Waals surface area contributed by atoms with E-state index in [-0.39, 0.29) is 6.04 Å². The van der Waals surface area contributed by atoms with Crippen LogP contribution in [0.1, 0.15) is 24.5 Å². The van der Waals surface area contributed by atoms with Gasteiger partial charge in [-0.1, -0.05) is 40.5 Å². The maximum absolute atomic E-state index is 6.32. The third kappa shape index (κ3) is 4.47. The van der Waals surface area contributed by atoms with E-state index in [9.17, 15) is 0 Å². The summed E-state index contributed by atoms with van der Waals surface area (Å²) in [5.74, 6) is 1.56. The van der Waals surface area contributed by atoms with Crippen LogP contribution in [0.4, 0.5) is 0 Å². The molecule has 0 saturated heterocycles. The van der Waals surface area contributed by atoms with Gasteiger partial charge in [0.15, 0.2) is 0 Å². The van der Waals surface area contributed by atoms with E-state index >= 15 is 0 Å². The second-order valence-corrected chi connectivity index (χ2v) is 6.46. The van der Waals surface area contributed by atoms with E-state index in [1.165, 1.54) is 0 Å². The van der Waals surface area contributed by atoms with Gasteiger partial charge >= 0.3 is 0 Å². The van der Waals surface area contributed by atoms with Crippen LogP contribution in [0, 0.1) is 6.92 Å². The molecule has 0 aliphatic heterocycles. The minimum Gasteiger partial charge on any atom is -0.457 e. The Morgan fingerprint density at radius 1 is 1.24 bits per heavy atom. The van der Waals surface area contributed by atoms with Crippen molar-refractivity contribution < 1.29 is 4.74 Å². The Morgan fingerprint density at radius 2 is 2.00 bits per heavy atom. The average molecular weight is 369 g/mol. The molecule has 1 unspecified atom stereocenters. The number of rotatable bonds is 5. The first kappa shape index (κ1) is 16.3. The zero-order valence-corrected chi connectivity index (χ0v) is 14.5.